The fourth-order valence-corrected chi connectivity index (χ4v) is 2.54. The van der Waals surface area contributed by atoms with E-state index in [1.54, 1.807) is 4.90 Å². The zero-order chi connectivity index (χ0) is 13.1. The van der Waals surface area contributed by atoms with Crippen LogP contribution < -0.4 is 0 Å². The summed E-state index contributed by atoms with van der Waals surface area (Å²) in [6.07, 6.45) is 1.52. The molecule has 1 aromatic carbocycles. The minimum Gasteiger partial charge on any atom is -0.396 e. The Morgan fingerprint density at radius 3 is 3.00 bits per heavy atom. The molecule has 18 heavy (non-hydrogen) atoms. The lowest BCUT2D eigenvalue weighted by atomic mass is 10.1. The monoisotopic (exact) mass is 271 g/mol. The first kappa shape index (κ1) is 13.3. The zero-order valence-electron chi connectivity index (χ0n) is 9.90. The van der Waals surface area contributed by atoms with Gasteiger partial charge < -0.3 is 10.0 Å². The average molecular weight is 272 g/mol. The van der Waals surface area contributed by atoms with Crippen molar-refractivity contribution in [3.05, 3.63) is 34.6 Å². The van der Waals surface area contributed by atoms with Gasteiger partial charge in [-0.2, -0.15) is 0 Å². The summed E-state index contributed by atoms with van der Waals surface area (Å²) in [6, 6.07) is 4.23. The van der Waals surface area contributed by atoms with E-state index in [-0.39, 0.29) is 23.1 Å². The lowest BCUT2D eigenvalue weighted by Crippen LogP contribution is -2.29. The zero-order valence-corrected chi connectivity index (χ0v) is 10.7. The lowest BCUT2D eigenvalue weighted by Gasteiger charge is -2.17. The van der Waals surface area contributed by atoms with Crippen molar-refractivity contribution >= 4 is 17.5 Å². The molecule has 1 aliphatic rings. The summed E-state index contributed by atoms with van der Waals surface area (Å²) in [4.78, 5) is 13.8. The molecule has 3 nitrogen and oxygen atoms in total. The highest BCUT2D eigenvalue weighted by Gasteiger charge is 2.29. The van der Waals surface area contributed by atoms with Crippen molar-refractivity contribution in [3.63, 3.8) is 0 Å². The number of halogens is 2. The van der Waals surface area contributed by atoms with Crippen LogP contribution in [-0.4, -0.2) is 35.6 Å². The van der Waals surface area contributed by atoms with Gasteiger partial charge in [-0.15, -0.1) is 0 Å². The van der Waals surface area contributed by atoms with E-state index in [1.165, 1.54) is 18.2 Å². The highest BCUT2D eigenvalue weighted by Crippen LogP contribution is 2.25. The Kier molecular flexibility index (Phi) is 4.19. The number of aliphatic hydroxyl groups is 1. The van der Waals surface area contributed by atoms with E-state index in [0.717, 1.165) is 6.42 Å². The quantitative estimate of drug-likeness (QED) is 0.917. The van der Waals surface area contributed by atoms with E-state index < -0.39 is 5.82 Å². The second-order valence-electron chi connectivity index (χ2n) is 4.51. The maximum Gasteiger partial charge on any atom is 0.258 e. The summed E-state index contributed by atoms with van der Waals surface area (Å²) in [5.41, 5.74) is -0.0520. The molecule has 1 fully saturated rings. The predicted molar refractivity (Wildman–Crippen MR) is 67.1 cm³/mol. The van der Waals surface area contributed by atoms with Crippen molar-refractivity contribution in [3.8, 4) is 0 Å². The Bertz CT molecular complexity index is 432. The normalized spacial score (nSPS) is 19.3. The Labute approximate surface area is 110 Å². The molecule has 1 unspecified atom stereocenters. The van der Waals surface area contributed by atoms with E-state index in [1.807, 2.05) is 0 Å². The number of carbonyl (C=O) groups excluding carboxylic acids is 1. The molecule has 2 rings (SSSR count). The number of benzene rings is 1. The summed E-state index contributed by atoms with van der Waals surface area (Å²) in [5.74, 6) is -0.652. The highest BCUT2D eigenvalue weighted by atomic mass is 35.5. The summed E-state index contributed by atoms with van der Waals surface area (Å²) in [5, 5.41) is 9.02. The van der Waals surface area contributed by atoms with Gasteiger partial charge in [-0.1, -0.05) is 17.7 Å². The number of amides is 1. The van der Waals surface area contributed by atoms with E-state index in [4.69, 9.17) is 16.7 Å². The van der Waals surface area contributed by atoms with Gasteiger partial charge in [0.05, 0.1) is 10.6 Å². The molecule has 0 saturated carbocycles. The van der Waals surface area contributed by atoms with Gasteiger partial charge in [0, 0.05) is 19.7 Å². The van der Waals surface area contributed by atoms with Crippen LogP contribution in [0.1, 0.15) is 23.2 Å². The fraction of sp³-hybridized carbons (Fsp3) is 0.462. The van der Waals surface area contributed by atoms with Gasteiger partial charge in [0.1, 0.15) is 5.82 Å². The second-order valence-corrected chi connectivity index (χ2v) is 4.92. The van der Waals surface area contributed by atoms with Gasteiger partial charge >= 0.3 is 0 Å². The first-order valence-electron chi connectivity index (χ1n) is 5.97. The van der Waals surface area contributed by atoms with E-state index >= 15 is 0 Å². The third kappa shape index (κ3) is 2.65. The Morgan fingerprint density at radius 1 is 1.56 bits per heavy atom. The number of hydrogen-bond acceptors (Lipinski definition) is 2. The van der Waals surface area contributed by atoms with Gasteiger partial charge in [-0.3, -0.25) is 4.79 Å². The number of rotatable bonds is 3. The second kappa shape index (κ2) is 5.67. The molecule has 1 heterocycles. The third-order valence-electron chi connectivity index (χ3n) is 3.29. The van der Waals surface area contributed by atoms with Crippen LogP contribution in [-0.2, 0) is 0 Å². The van der Waals surface area contributed by atoms with Crippen LogP contribution in [0.25, 0.3) is 0 Å². The van der Waals surface area contributed by atoms with Crippen LogP contribution in [0.3, 0.4) is 0 Å². The first-order chi connectivity index (χ1) is 8.63. The van der Waals surface area contributed by atoms with Gasteiger partial charge in [0.25, 0.3) is 5.91 Å². The van der Waals surface area contributed by atoms with Crippen LogP contribution in [0, 0.1) is 11.7 Å². The van der Waals surface area contributed by atoms with Crippen LogP contribution in [0.2, 0.25) is 5.02 Å². The van der Waals surface area contributed by atoms with Gasteiger partial charge in [-0.25, -0.2) is 4.39 Å². The Balaban J connectivity index is 2.13. The van der Waals surface area contributed by atoms with Crippen LogP contribution in [0.5, 0.6) is 0 Å². The molecular formula is C13H15ClFNO2. The minimum atomic E-state index is -0.585. The number of aliphatic hydroxyl groups excluding tert-OH is 1. The smallest absolute Gasteiger partial charge is 0.258 e. The molecule has 1 saturated heterocycles. The molecule has 1 amide bonds. The van der Waals surface area contributed by atoms with Crippen molar-refractivity contribution < 1.29 is 14.3 Å². The van der Waals surface area contributed by atoms with Gasteiger partial charge in [-0.05, 0) is 30.9 Å². The standard InChI is InChI=1S/C13H15ClFNO2/c14-10-2-1-3-11(15)12(10)13(18)16-6-4-9(8-16)5-7-17/h1-3,9,17H,4-8H2. The third-order valence-corrected chi connectivity index (χ3v) is 3.60. The molecule has 0 aromatic heterocycles. The van der Waals surface area contributed by atoms with Crippen LogP contribution in [0.4, 0.5) is 4.39 Å². The topological polar surface area (TPSA) is 40.5 Å². The number of hydrogen-bond donors (Lipinski definition) is 1. The maximum absolute atomic E-state index is 13.6. The molecule has 0 spiro atoms. The van der Waals surface area contributed by atoms with Gasteiger partial charge in [0.2, 0.25) is 0 Å². The summed E-state index contributed by atoms with van der Waals surface area (Å²) < 4.78 is 13.6. The summed E-state index contributed by atoms with van der Waals surface area (Å²) in [7, 11) is 0. The van der Waals surface area contributed by atoms with Gasteiger partial charge in [0.15, 0.2) is 0 Å². The van der Waals surface area contributed by atoms with E-state index in [2.05, 4.69) is 0 Å². The van der Waals surface area contributed by atoms with Crippen molar-refractivity contribution in [2.24, 2.45) is 5.92 Å². The molecule has 1 N–H and O–H groups in total. The molecule has 1 aromatic rings. The number of carbonyl (C=O) groups is 1. The Hall–Kier alpha value is -1.13. The van der Waals surface area contributed by atoms with Crippen LogP contribution >= 0.6 is 11.6 Å². The maximum atomic E-state index is 13.6. The molecule has 0 bridgehead atoms. The summed E-state index contributed by atoms with van der Waals surface area (Å²) in [6.45, 7) is 1.27. The Morgan fingerprint density at radius 2 is 2.33 bits per heavy atom. The summed E-state index contributed by atoms with van der Waals surface area (Å²) >= 11 is 5.87. The first-order valence-corrected chi connectivity index (χ1v) is 6.35. The number of nitrogens with zero attached hydrogens (tertiary/aromatic N) is 1. The average Bonchev–Trinajstić information content (AvgIpc) is 2.78. The number of likely N-dealkylation sites (tertiary alicyclic amines) is 1. The van der Waals surface area contributed by atoms with Crippen molar-refractivity contribution in [2.45, 2.75) is 12.8 Å². The lowest BCUT2D eigenvalue weighted by molar-refractivity contribution is 0.0780. The SMILES string of the molecule is O=C(c1c(F)cccc1Cl)N1CCC(CCO)C1. The van der Waals surface area contributed by atoms with E-state index in [9.17, 15) is 9.18 Å². The van der Waals surface area contributed by atoms with Crippen LogP contribution in [0.15, 0.2) is 18.2 Å². The largest absolute Gasteiger partial charge is 0.396 e. The molecular weight excluding hydrogens is 257 g/mol. The highest BCUT2D eigenvalue weighted by molar-refractivity contribution is 6.33. The molecule has 5 heteroatoms. The molecule has 98 valence electrons. The van der Waals surface area contributed by atoms with Crippen molar-refractivity contribution in [2.75, 3.05) is 19.7 Å². The minimum absolute atomic E-state index is 0.0520. The fourth-order valence-electron chi connectivity index (χ4n) is 2.30. The molecule has 0 aliphatic carbocycles. The molecule has 1 aliphatic heterocycles. The predicted octanol–water partition coefficient (Wildman–Crippen LogP) is 2.32. The molecule has 0 radical (unpaired) electrons. The van der Waals surface area contributed by atoms with Crippen molar-refractivity contribution in [1.29, 1.82) is 0 Å². The molecule has 1 atom stereocenters. The van der Waals surface area contributed by atoms with Crippen molar-refractivity contribution in [1.82, 2.24) is 4.90 Å². The van der Waals surface area contributed by atoms with E-state index in [0.29, 0.717) is 25.4 Å².